The van der Waals surface area contributed by atoms with E-state index in [1.807, 2.05) is 0 Å². The van der Waals surface area contributed by atoms with Gasteiger partial charge in [0.25, 0.3) is 0 Å². The van der Waals surface area contributed by atoms with Gasteiger partial charge in [0, 0.05) is 24.8 Å². The van der Waals surface area contributed by atoms with Crippen molar-refractivity contribution in [3.63, 3.8) is 0 Å². The van der Waals surface area contributed by atoms with Gasteiger partial charge in [-0.05, 0) is 43.7 Å². The predicted octanol–water partition coefficient (Wildman–Crippen LogP) is 3.31. The summed E-state index contributed by atoms with van der Waals surface area (Å²) in [6.45, 7) is 6.28. The molecular weight excluding hydrogens is 260 g/mol. The minimum atomic E-state index is 0.0792. The summed E-state index contributed by atoms with van der Waals surface area (Å²) < 4.78 is 0. The Morgan fingerprint density at radius 2 is 2.19 bits per heavy atom. The molecule has 2 heterocycles. The van der Waals surface area contributed by atoms with Gasteiger partial charge in [-0.3, -0.25) is 4.79 Å². The van der Waals surface area contributed by atoms with Gasteiger partial charge in [-0.15, -0.1) is 0 Å². The van der Waals surface area contributed by atoms with Crippen LogP contribution in [0.2, 0.25) is 0 Å². The number of para-hydroxylation sites is 1. The van der Waals surface area contributed by atoms with Crippen LogP contribution in [-0.4, -0.2) is 29.9 Å². The zero-order valence-corrected chi connectivity index (χ0v) is 13.1. The Bertz CT molecular complexity index is 514. The van der Waals surface area contributed by atoms with Crippen molar-refractivity contribution in [2.45, 2.75) is 45.6 Å². The number of hydrogen-bond acceptors (Lipinski definition) is 2. The highest BCUT2D eigenvalue weighted by Crippen LogP contribution is 2.30. The highest BCUT2D eigenvalue weighted by atomic mass is 16.2. The van der Waals surface area contributed by atoms with Crippen LogP contribution in [0, 0.1) is 11.8 Å². The quantitative estimate of drug-likeness (QED) is 0.904. The van der Waals surface area contributed by atoms with Crippen LogP contribution in [0.25, 0.3) is 0 Å². The molecule has 0 radical (unpaired) electrons. The molecule has 21 heavy (non-hydrogen) atoms. The van der Waals surface area contributed by atoms with Crippen LogP contribution in [-0.2, 0) is 11.2 Å². The summed E-state index contributed by atoms with van der Waals surface area (Å²) in [5.41, 5.74) is 2.47. The third kappa shape index (κ3) is 2.92. The standard InChI is InChI=1S/C18H26N2O/c1-3-14-7-6-10-20(12-14)18(21)16-11-15-8-4-5-9-17(15)19-13(16)2/h4-5,8-9,13-14,16,19H,3,6-7,10-12H2,1-2H3. The van der Waals surface area contributed by atoms with Crippen molar-refractivity contribution in [2.75, 3.05) is 18.4 Å². The molecule has 0 aromatic heterocycles. The Kier molecular flexibility index (Phi) is 4.18. The van der Waals surface area contributed by atoms with Crippen LogP contribution in [0.5, 0.6) is 0 Å². The third-order valence-corrected chi connectivity index (χ3v) is 5.17. The smallest absolute Gasteiger partial charge is 0.228 e. The van der Waals surface area contributed by atoms with E-state index in [9.17, 15) is 4.79 Å². The first-order valence-corrected chi connectivity index (χ1v) is 8.32. The van der Waals surface area contributed by atoms with Crippen LogP contribution in [0.4, 0.5) is 5.69 Å². The fraction of sp³-hybridized carbons (Fsp3) is 0.611. The number of piperidine rings is 1. The molecule has 3 nitrogen and oxygen atoms in total. The van der Waals surface area contributed by atoms with E-state index in [1.165, 1.54) is 24.1 Å². The largest absolute Gasteiger partial charge is 0.382 e. The molecule has 0 spiro atoms. The maximum absolute atomic E-state index is 12.9. The van der Waals surface area contributed by atoms with Crippen molar-refractivity contribution in [1.29, 1.82) is 0 Å². The Morgan fingerprint density at radius 3 is 3.00 bits per heavy atom. The second-order valence-corrected chi connectivity index (χ2v) is 6.60. The highest BCUT2D eigenvalue weighted by Gasteiger charge is 2.34. The number of amides is 1. The Morgan fingerprint density at radius 1 is 1.38 bits per heavy atom. The van der Waals surface area contributed by atoms with E-state index in [0.29, 0.717) is 11.8 Å². The molecule has 3 atom stereocenters. The van der Waals surface area contributed by atoms with Gasteiger partial charge in [0.1, 0.15) is 0 Å². The van der Waals surface area contributed by atoms with Crippen molar-refractivity contribution < 1.29 is 4.79 Å². The second kappa shape index (κ2) is 6.08. The number of likely N-dealkylation sites (tertiary alicyclic amines) is 1. The molecule has 1 saturated heterocycles. The van der Waals surface area contributed by atoms with E-state index in [2.05, 4.69) is 48.3 Å². The van der Waals surface area contributed by atoms with Crippen molar-refractivity contribution in [3.8, 4) is 0 Å². The van der Waals surface area contributed by atoms with Gasteiger partial charge in [-0.2, -0.15) is 0 Å². The van der Waals surface area contributed by atoms with Crippen LogP contribution < -0.4 is 5.32 Å². The molecule has 0 bridgehead atoms. The average Bonchev–Trinajstić information content (AvgIpc) is 2.53. The number of rotatable bonds is 2. The number of fused-ring (bicyclic) bond motifs is 1. The molecule has 1 N–H and O–H groups in total. The number of carbonyl (C=O) groups is 1. The Labute approximate surface area is 127 Å². The van der Waals surface area contributed by atoms with Crippen LogP contribution in [0.15, 0.2) is 24.3 Å². The van der Waals surface area contributed by atoms with Crippen LogP contribution in [0.1, 0.15) is 38.7 Å². The second-order valence-electron chi connectivity index (χ2n) is 6.60. The number of nitrogens with one attached hydrogen (secondary N) is 1. The molecule has 114 valence electrons. The molecular formula is C18H26N2O. The van der Waals surface area contributed by atoms with E-state index in [1.54, 1.807) is 0 Å². The summed E-state index contributed by atoms with van der Waals surface area (Å²) in [5.74, 6) is 1.13. The lowest BCUT2D eigenvalue weighted by molar-refractivity contribution is -0.137. The first-order chi connectivity index (χ1) is 10.2. The Balaban J connectivity index is 1.73. The van der Waals surface area contributed by atoms with Gasteiger partial charge in [0.2, 0.25) is 5.91 Å². The van der Waals surface area contributed by atoms with Crippen LogP contribution in [0.3, 0.4) is 0 Å². The Hall–Kier alpha value is -1.51. The third-order valence-electron chi connectivity index (χ3n) is 5.17. The molecule has 0 saturated carbocycles. The average molecular weight is 286 g/mol. The van der Waals surface area contributed by atoms with Crippen molar-refractivity contribution in [1.82, 2.24) is 4.90 Å². The molecule has 3 unspecified atom stereocenters. The van der Waals surface area contributed by atoms with Crippen molar-refractivity contribution in [3.05, 3.63) is 29.8 Å². The molecule has 3 heteroatoms. The van der Waals surface area contributed by atoms with E-state index in [4.69, 9.17) is 0 Å². The van der Waals surface area contributed by atoms with E-state index < -0.39 is 0 Å². The summed E-state index contributed by atoms with van der Waals surface area (Å²) in [6.07, 6.45) is 4.50. The topological polar surface area (TPSA) is 32.3 Å². The van der Waals surface area contributed by atoms with Gasteiger partial charge in [0.15, 0.2) is 0 Å². The van der Waals surface area contributed by atoms with Crippen LogP contribution >= 0.6 is 0 Å². The molecule has 0 aliphatic carbocycles. The van der Waals surface area contributed by atoms with E-state index in [0.717, 1.165) is 25.9 Å². The molecule has 3 rings (SSSR count). The number of hydrogen-bond donors (Lipinski definition) is 1. The number of carbonyl (C=O) groups excluding carboxylic acids is 1. The SMILES string of the molecule is CCC1CCCN(C(=O)C2Cc3ccccc3NC2C)C1. The molecule has 1 fully saturated rings. The minimum absolute atomic E-state index is 0.0792. The maximum atomic E-state index is 12.9. The first kappa shape index (κ1) is 14.4. The summed E-state index contributed by atoms with van der Waals surface area (Å²) in [4.78, 5) is 15.0. The summed E-state index contributed by atoms with van der Waals surface area (Å²) in [6, 6.07) is 8.58. The zero-order chi connectivity index (χ0) is 14.8. The fourth-order valence-corrected chi connectivity index (χ4v) is 3.73. The summed E-state index contributed by atoms with van der Waals surface area (Å²) in [7, 11) is 0. The maximum Gasteiger partial charge on any atom is 0.228 e. The normalized spacial score (nSPS) is 28.7. The highest BCUT2D eigenvalue weighted by molar-refractivity contribution is 5.81. The molecule has 1 amide bonds. The molecule has 1 aromatic carbocycles. The number of anilines is 1. The predicted molar refractivity (Wildman–Crippen MR) is 86.3 cm³/mol. The number of benzene rings is 1. The van der Waals surface area contributed by atoms with E-state index >= 15 is 0 Å². The summed E-state index contributed by atoms with van der Waals surface area (Å²) in [5, 5.41) is 3.51. The molecule has 1 aromatic rings. The lowest BCUT2D eigenvalue weighted by Gasteiger charge is -2.38. The number of nitrogens with zero attached hydrogens (tertiary/aromatic N) is 1. The summed E-state index contributed by atoms with van der Waals surface area (Å²) >= 11 is 0. The van der Waals surface area contributed by atoms with E-state index in [-0.39, 0.29) is 12.0 Å². The lowest BCUT2D eigenvalue weighted by Crippen LogP contribution is -2.48. The fourth-order valence-electron chi connectivity index (χ4n) is 3.73. The van der Waals surface area contributed by atoms with Gasteiger partial charge in [-0.1, -0.05) is 31.5 Å². The lowest BCUT2D eigenvalue weighted by atomic mass is 9.86. The van der Waals surface area contributed by atoms with Crippen molar-refractivity contribution in [2.24, 2.45) is 11.8 Å². The zero-order valence-electron chi connectivity index (χ0n) is 13.1. The first-order valence-electron chi connectivity index (χ1n) is 8.32. The van der Waals surface area contributed by atoms with Gasteiger partial charge in [0.05, 0.1) is 5.92 Å². The van der Waals surface area contributed by atoms with Gasteiger partial charge >= 0.3 is 0 Å². The van der Waals surface area contributed by atoms with Crippen molar-refractivity contribution >= 4 is 11.6 Å². The monoisotopic (exact) mass is 286 g/mol. The molecule has 2 aliphatic rings. The van der Waals surface area contributed by atoms with Gasteiger partial charge in [-0.25, -0.2) is 0 Å². The molecule has 2 aliphatic heterocycles. The van der Waals surface area contributed by atoms with Gasteiger partial charge < -0.3 is 10.2 Å². The minimum Gasteiger partial charge on any atom is -0.382 e.